The maximum atomic E-state index is 10.6. The van der Waals surface area contributed by atoms with E-state index in [1.54, 1.807) is 0 Å². The van der Waals surface area contributed by atoms with Gasteiger partial charge in [0.15, 0.2) is 5.16 Å². The van der Waals surface area contributed by atoms with Crippen molar-refractivity contribution in [3.8, 4) is 0 Å². The molecule has 0 amide bonds. The van der Waals surface area contributed by atoms with Gasteiger partial charge in [-0.25, -0.2) is 0 Å². The Kier molecular flexibility index (Phi) is 4.11. The van der Waals surface area contributed by atoms with Gasteiger partial charge in [-0.05, 0) is 26.7 Å². The van der Waals surface area contributed by atoms with E-state index in [0.29, 0.717) is 11.2 Å². The van der Waals surface area contributed by atoms with Crippen LogP contribution in [0.15, 0.2) is 5.16 Å². The molecule has 0 aromatic carbocycles. The molecule has 6 nitrogen and oxygen atoms in total. The van der Waals surface area contributed by atoms with Gasteiger partial charge in [0.1, 0.15) is 0 Å². The van der Waals surface area contributed by atoms with Crippen LogP contribution < -0.4 is 4.90 Å². The molecule has 1 aromatic heterocycles. The van der Waals surface area contributed by atoms with E-state index in [1.807, 2.05) is 11.5 Å². The van der Waals surface area contributed by atoms with Crippen molar-refractivity contribution in [2.75, 3.05) is 17.2 Å². The molecule has 1 aliphatic heterocycles. The molecule has 100 valence electrons. The van der Waals surface area contributed by atoms with E-state index in [2.05, 4.69) is 22.0 Å². The lowest BCUT2D eigenvalue weighted by Gasteiger charge is -2.22. The lowest BCUT2D eigenvalue weighted by Crippen LogP contribution is -2.29. The number of hydrogen-bond donors (Lipinski definition) is 1. The van der Waals surface area contributed by atoms with Gasteiger partial charge in [0, 0.05) is 19.1 Å². The van der Waals surface area contributed by atoms with Crippen LogP contribution in [-0.2, 0) is 11.3 Å². The number of hydrogen-bond acceptors (Lipinski definition) is 5. The quantitative estimate of drug-likeness (QED) is 0.817. The number of carboxylic acid groups (broad SMARTS) is 1. The van der Waals surface area contributed by atoms with Crippen LogP contribution in [0.5, 0.6) is 0 Å². The number of aromatic nitrogens is 3. The number of carbonyl (C=O) groups is 1. The van der Waals surface area contributed by atoms with Gasteiger partial charge in [-0.15, -0.1) is 10.2 Å². The molecule has 1 aromatic rings. The van der Waals surface area contributed by atoms with Crippen molar-refractivity contribution in [1.29, 1.82) is 0 Å². The van der Waals surface area contributed by atoms with E-state index in [4.69, 9.17) is 5.11 Å². The second-order valence-corrected chi connectivity index (χ2v) is 5.34. The molecule has 1 atom stereocenters. The summed E-state index contributed by atoms with van der Waals surface area (Å²) < 4.78 is 2.00. The normalized spacial score (nSPS) is 19.4. The van der Waals surface area contributed by atoms with Gasteiger partial charge in [-0.2, -0.15) is 0 Å². The Labute approximate surface area is 110 Å². The zero-order valence-corrected chi connectivity index (χ0v) is 11.5. The van der Waals surface area contributed by atoms with E-state index in [-0.39, 0.29) is 5.75 Å². The monoisotopic (exact) mass is 270 g/mol. The second-order valence-electron chi connectivity index (χ2n) is 4.39. The fourth-order valence-electron chi connectivity index (χ4n) is 2.23. The molecule has 2 heterocycles. The van der Waals surface area contributed by atoms with Crippen molar-refractivity contribution in [1.82, 2.24) is 14.8 Å². The Hall–Kier alpha value is -1.24. The van der Waals surface area contributed by atoms with E-state index in [9.17, 15) is 4.79 Å². The number of aliphatic carboxylic acids is 1. The smallest absolute Gasteiger partial charge is 0.313 e. The van der Waals surface area contributed by atoms with Crippen LogP contribution in [0.1, 0.15) is 26.7 Å². The summed E-state index contributed by atoms with van der Waals surface area (Å²) >= 11 is 1.22. The summed E-state index contributed by atoms with van der Waals surface area (Å²) in [6, 6.07) is 0.483. The van der Waals surface area contributed by atoms with E-state index < -0.39 is 5.97 Å². The van der Waals surface area contributed by atoms with Crippen molar-refractivity contribution < 1.29 is 9.90 Å². The van der Waals surface area contributed by atoms with Crippen molar-refractivity contribution in [3.05, 3.63) is 0 Å². The van der Waals surface area contributed by atoms with Gasteiger partial charge in [-0.1, -0.05) is 11.8 Å². The maximum Gasteiger partial charge on any atom is 0.313 e. The molecule has 1 unspecified atom stereocenters. The van der Waals surface area contributed by atoms with Gasteiger partial charge < -0.3 is 10.0 Å². The Morgan fingerprint density at radius 1 is 1.56 bits per heavy atom. The summed E-state index contributed by atoms with van der Waals surface area (Å²) in [5.74, 6) is 0.0605. The molecule has 0 bridgehead atoms. The SMILES string of the molecule is CCn1c(SCC(=O)O)nnc1N1CCCC1C. The highest BCUT2D eigenvalue weighted by atomic mass is 32.2. The summed E-state index contributed by atoms with van der Waals surface area (Å²) in [6.45, 7) is 5.97. The number of anilines is 1. The number of thioether (sulfide) groups is 1. The highest BCUT2D eigenvalue weighted by Crippen LogP contribution is 2.27. The number of rotatable bonds is 5. The Bertz CT molecular complexity index is 435. The highest BCUT2D eigenvalue weighted by molar-refractivity contribution is 7.99. The van der Waals surface area contributed by atoms with Crippen LogP contribution in [0, 0.1) is 0 Å². The Morgan fingerprint density at radius 3 is 2.89 bits per heavy atom. The zero-order valence-electron chi connectivity index (χ0n) is 10.7. The van der Waals surface area contributed by atoms with Crippen LogP contribution in [0.4, 0.5) is 5.95 Å². The van der Waals surface area contributed by atoms with Gasteiger partial charge in [0.05, 0.1) is 5.75 Å². The average Bonchev–Trinajstić information content (AvgIpc) is 2.91. The van der Waals surface area contributed by atoms with E-state index in [1.165, 1.54) is 24.6 Å². The summed E-state index contributed by atoms with van der Waals surface area (Å²) in [4.78, 5) is 12.8. The van der Waals surface area contributed by atoms with Crippen LogP contribution in [0.3, 0.4) is 0 Å². The molecule has 0 saturated carbocycles. The molecule has 1 N–H and O–H groups in total. The van der Waals surface area contributed by atoms with Gasteiger partial charge in [-0.3, -0.25) is 9.36 Å². The van der Waals surface area contributed by atoms with E-state index >= 15 is 0 Å². The molecular formula is C11H18N4O2S. The zero-order chi connectivity index (χ0) is 13.1. The predicted molar refractivity (Wildman–Crippen MR) is 70.1 cm³/mol. The minimum absolute atomic E-state index is 0.0215. The number of carboxylic acids is 1. The first kappa shape index (κ1) is 13.2. The fraction of sp³-hybridized carbons (Fsp3) is 0.727. The van der Waals surface area contributed by atoms with Crippen LogP contribution in [-0.4, -0.2) is 44.2 Å². The third-order valence-electron chi connectivity index (χ3n) is 3.15. The minimum atomic E-state index is -0.832. The highest BCUT2D eigenvalue weighted by Gasteiger charge is 2.26. The van der Waals surface area contributed by atoms with Crippen molar-refractivity contribution in [2.45, 2.75) is 44.4 Å². The topological polar surface area (TPSA) is 71.2 Å². The predicted octanol–water partition coefficient (Wildman–Crippen LogP) is 1.46. The van der Waals surface area contributed by atoms with Gasteiger partial charge >= 0.3 is 5.97 Å². The molecule has 1 saturated heterocycles. The summed E-state index contributed by atoms with van der Waals surface area (Å²) in [5.41, 5.74) is 0. The number of nitrogens with zero attached hydrogens (tertiary/aromatic N) is 4. The van der Waals surface area contributed by atoms with Crippen molar-refractivity contribution >= 4 is 23.7 Å². The lowest BCUT2D eigenvalue weighted by molar-refractivity contribution is -0.133. The molecule has 0 radical (unpaired) electrons. The molecule has 1 aliphatic rings. The van der Waals surface area contributed by atoms with E-state index in [0.717, 1.165) is 19.0 Å². The Balaban J connectivity index is 2.18. The lowest BCUT2D eigenvalue weighted by atomic mass is 10.2. The molecule has 0 aliphatic carbocycles. The van der Waals surface area contributed by atoms with Crippen LogP contribution in [0.25, 0.3) is 0 Å². The van der Waals surface area contributed by atoms with Crippen molar-refractivity contribution in [2.24, 2.45) is 0 Å². The first-order valence-electron chi connectivity index (χ1n) is 6.18. The van der Waals surface area contributed by atoms with Crippen molar-refractivity contribution in [3.63, 3.8) is 0 Å². The molecule has 0 spiro atoms. The first-order chi connectivity index (χ1) is 8.63. The molecule has 1 fully saturated rings. The minimum Gasteiger partial charge on any atom is -0.481 e. The van der Waals surface area contributed by atoms with Gasteiger partial charge in [0.2, 0.25) is 5.95 Å². The summed E-state index contributed by atoms with van der Waals surface area (Å²) in [6.07, 6.45) is 2.35. The molecule has 18 heavy (non-hydrogen) atoms. The third-order valence-corrected chi connectivity index (χ3v) is 4.10. The van der Waals surface area contributed by atoms with Crippen LogP contribution >= 0.6 is 11.8 Å². The molecular weight excluding hydrogens is 252 g/mol. The van der Waals surface area contributed by atoms with Gasteiger partial charge in [0.25, 0.3) is 0 Å². The Morgan fingerprint density at radius 2 is 2.33 bits per heavy atom. The second kappa shape index (κ2) is 5.60. The standard InChI is InChI=1S/C11H18N4O2S/c1-3-14-10(15-6-4-5-8(15)2)12-13-11(14)18-7-9(16)17/h8H,3-7H2,1-2H3,(H,16,17). The third kappa shape index (κ3) is 2.60. The van der Waals surface area contributed by atoms with Crippen LogP contribution in [0.2, 0.25) is 0 Å². The average molecular weight is 270 g/mol. The molecule has 2 rings (SSSR count). The fourth-order valence-corrected chi connectivity index (χ4v) is 2.95. The summed E-state index contributed by atoms with van der Waals surface area (Å²) in [5, 5.41) is 17.7. The molecule has 7 heteroatoms. The summed E-state index contributed by atoms with van der Waals surface area (Å²) in [7, 11) is 0. The first-order valence-corrected chi connectivity index (χ1v) is 7.16. The largest absolute Gasteiger partial charge is 0.481 e. The maximum absolute atomic E-state index is 10.6.